The summed E-state index contributed by atoms with van der Waals surface area (Å²) in [5.41, 5.74) is 6.22. The van der Waals surface area contributed by atoms with E-state index >= 15 is 0 Å². The van der Waals surface area contributed by atoms with Crippen molar-refractivity contribution in [1.82, 2.24) is 10.3 Å². The predicted octanol–water partition coefficient (Wildman–Crippen LogP) is 6.74. The van der Waals surface area contributed by atoms with Gasteiger partial charge in [-0.25, -0.2) is 0 Å². The number of ether oxygens (including phenoxy) is 1. The van der Waals surface area contributed by atoms with Crippen LogP contribution in [0.1, 0.15) is 48.6 Å². The van der Waals surface area contributed by atoms with E-state index in [1.54, 1.807) is 14.0 Å². The van der Waals surface area contributed by atoms with Crippen molar-refractivity contribution in [2.45, 2.75) is 52.2 Å². The SMILES string of the molecule is COc1ccc2c(c1)C(c1ccc(Cl)cc1)N=C(CC(=O)NCCc1ccc3nc([SiH](C)C)ccc3c1)C(=N)C(C)C(C(C)=N)C2. The van der Waals surface area contributed by atoms with E-state index < -0.39 is 14.8 Å². The maximum absolute atomic E-state index is 13.4. The average molecular weight is 652 g/mol. The molecule has 3 N–H and O–H groups in total. The van der Waals surface area contributed by atoms with Crippen molar-refractivity contribution in [3.63, 3.8) is 0 Å². The number of benzene rings is 3. The molecule has 0 saturated heterocycles. The fourth-order valence-electron chi connectivity index (χ4n) is 6.11. The molecule has 7 nitrogen and oxygen atoms in total. The molecule has 3 unspecified atom stereocenters. The van der Waals surface area contributed by atoms with E-state index in [1.807, 2.05) is 49.4 Å². The highest BCUT2D eigenvalue weighted by atomic mass is 35.5. The normalized spacial score (nSPS) is 18.3. The van der Waals surface area contributed by atoms with Crippen LogP contribution in [0.3, 0.4) is 0 Å². The lowest BCUT2D eigenvalue weighted by Crippen LogP contribution is -2.35. The quantitative estimate of drug-likeness (QED) is 0.138. The maximum Gasteiger partial charge on any atom is 0.226 e. The second-order valence-electron chi connectivity index (χ2n) is 12.5. The van der Waals surface area contributed by atoms with Gasteiger partial charge in [0.15, 0.2) is 0 Å². The van der Waals surface area contributed by atoms with Crippen LogP contribution in [0.5, 0.6) is 5.75 Å². The summed E-state index contributed by atoms with van der Waals surface area (Å²) < 4.78 is 5.59. The van der Waals surface area contributed by atoms with Gasteiger partial charge >= 0.3 is 0 Å². The highest BCUT2D eigenvalue weighted by molar-refractivity contribution is 6.70. The van der Waals surface area contributed by atoms with Crippen LogP contribution in [0, 0.1) is 22.7 Å². The van der Waals surface area contributed by atoms with Gasteiger partial charge in [0.05, 0.1) is 39.3 Å². The molecule has 3 aromatic carbocycles. The Balaban J connectivity index is 1.42. The van der Waals surface area contributed by atoms with Gasteiger partial charge in [-0.05, 0) is 84.5 Å². The molecule has 0 aliphatic carbocycles. The van der Waals surface area contributed by atoms with E-state index in [0.717, 1.165) is 33.2 Å². The number of aliphatic imine (C=N–C) groups is 1. The highest BCUT2D eigenvalue weighted by Gasteiger charge is 2.32. The molecule has 4 aromatic rings. The third kappa shape index (κ3) is 7.62. The topological polar surface area (TPSA) is 111 Å². The lowest BCUT2D eigenvalue weighted by Gasteiger charge is -2.24. The summed E-state index contributed by atoms with van der Waals surface area (Å²) in [6.45, 7) is 8.78. The number of aromatic nitrogens is 1. The number of rotatable bonds is 9. The van der Waals surface area contributed by atoms with Crippen LogP contribution in [0.2, 0.25) is 18.1 Å². The van der Waals surface area contributed by atoms with Crippen molar-refractivity contribution in [3.05, 3.63) is 100 Å². The summed E-state index contributed by atoms with van der Waals surface area (Å²) >= 11 is 6.25. The van der Waals surface area contributed by atoms with Crippen molar-refractivity contribution < 1.29 is 9.53 Å². The fraction of sp³-hybridized carbons (Fsp3) is 0.324. The van der Waals surface area contributed by atoms with Crippen LogP contribution < -0.4 is 15.4 Å². The van der Waals surface area contributed by atoms with Gasteiger partial charge in [0, 0.05) is 39.8 Å². The third-order valence-corrected chi connectivity index (χ3v) is 10.7. The summed E-state index contributed by atoms with van der Waals surface area (Å²) in [7, 11) is 0.664. The average Bonchev–Trinajstić information content (AvgIpc) is 3.08. The van der Waals surface area contributed by atoms with Crippen molar-refractivity contribution in [2.75, 3.05) is 13.7 Å². The first-order valence-corrected chi connectivity index (χ1v) is 19.1. The highest BCUT2D eigenvalue weighted by Crippen LogP contribution is 2.36. The van der Waals surface area contributed by atoms with E-state index in [2.05, 4.69) is 48.7 Å². The lowest BCUT2D eigenvalue weighted by atomic mass is 9.79. The Kier molecular flexibility index (Phi) is 10.5. The lowest BCUT2D eigenvalue weighted by molar-refractivity contribution is -0.119. The van der Waals surface area contributed by atoms with Crippen LogP contribution in [-0.2, 0) is 17.6 Å². The largest absolute Gasteiger partial charge is 0.497 e. The number of carbonyl (C=O) groups excluding carboxylic acids is 1. The second kappa shape index (κ2) is 14.5. The van der Waals surface area contributed by atoms with Gasteiger partial charge in [0.25, 0.3) is 0 Å². The molecule has 3 atom stereocenters. The van der Waals surface area contributed by atoms with Crippen molar-refractivity contribution in [3.8, 4) is 5.75 Å². The second-order valence-corrected chi connectivity index (χ2v) is 15.8. The van der Waals surface area contributed by atoms with E-state index in [4.69, 9.17) is 31.7 Å². The Morgan fingerprint density at radius 3 is 2.52 bits per heavy atom. The zero-order chi connectivity index (χ0) is 33.0. The van der Waals surface area contributed by atoms with E-state index in [-0.39, 0.29) is 29.9 Å². The molecule has 0 fully saturated rings. The van der Waals surface area contributed by atoms with Gasteiger partial charge in [-0.1, -0.05) is 62.0 Å². The number of amides is 1. The zero-order valence-electron chi connectivity index (χ0n) is 27.2. The molecule has 1 aliphatic heterocycles. The number of methoxy groups -OCH3 is 1. The molecule has 1 amide bonds. The number of nitrogens with zero attached hydrogens (tertiary/aromatic N) is 2. The summed E-state index contributed by atoms with van der Waals surface area (Å²) in [5.74, 6) is 0.00320. The Morgan fingerprint density at radius 1 is 1.07 bits per heavy atom. The number of carbonyl (C=O) groups is 1. The molecule has 0 bridgehead atoms. The molecule has 2 heterocycles. The zero-order valence-corrected chi connectivity index (χ0v) is 29.1. The first-order chi connectivity index (χ1) is 22.0. The van der Waals surface area contributed by atoms with Crippen LogP contribution >= 0.6 is 11.6 Å². The van der Waals surface area contributed by atoms with Gasteiger partial charge in [0.1, 0.15) is 11.8 Å². The minimum Gasteiger partial charge on any atom is -0.497 e. The summed E-state index contributed by atoms with van der Waals surface area (Å²) in [6, 6.07) is 23.6. The van der Waals surface area contributed by atoms with Gasteiger partial charge in [-0.2, -0.15) is 0 Å². The third-order valence-electron chi connectivity index (χ3n) is 8.91. The van der Waals surface area contributed by atoms with Crippen molar-refractivity contribution >= 4 is 59.7 Å². The molecule has 46 heavy (non-hydrogen) atoms. The Morgan fingerprint density at radius 2 is 1.83 bits per heavy atom. The summed E-state index contributed by atoms with van der Waals surface area (Å²) in [6.07, 6.45) is 1.23. The van der Waals surface area contributed by atoms with Gasteiger partial charge in [-0.3, -0.25) is 14.8 Å². The predicted molar refractivity (Wildman–Crippen MR) is 193 cm³/mol. The number of nitrogens with one attached hydrogen (secondary N) is 3. The maximum atomic E-state index is 13.4. The van der Waals surface area contributed by atoms with Crippen LogP contribution in [0.4, 0.5) is 0 Å². The molecule has 0 radical (unpaired) electrons. The Labute approximate surface area is 278 Å². The molecular weight excluding hydrogens is 610 g/mol. The molecule has 0 spiro atoms. The molecule has 238 valence electrons. The summed E-state index contributed by atoms with van der Waals surface area (Å²) in [4.78, 5) is 23.4. The minimum atomic E-state index is -0.969. The number of hydrogen-bond acceptors (Lipinski definition) is 6. The summed E-state index contributed by atoms with van der Waals surface area (Å²) in [5, 5.41) is 23.9. The molecule has 9 heteroatoms. The molecule has 1 aromatic heterocycles. The molecule has 0 saturated carbocycles. The van der Waals surface area contributed by atoms with Gasteiger partial charge in [0.2, 0.25) is 5.91 Å². The molecule has 1 aliphatic rings. The standard InChI is InChI=1S/C37H42ClN5O2Si/c1-22-30(23(2)39)19-26-9-13-29(45-3)20-31(26)37(25-7-11-28(38)12-8-25)43-33(36(22)40)21-34(44)41-17-16-24-6-14-32-27(18-24)10-15-35(42-32)46(4)5/h6-15,18,20,22,30,37,39-40,46H,16-17,19,21H2,1-5H3,(H,41,44). The first-order valence-electron chi connectivity index (χ1n) is 15.8. The number of halogens is 1. The number of pyridine rings is 1. The first kappa shape index (κ1) is 33.2. The van der Waals surface area contributed by atoms with Gasteiger partial charge in [-0.15, -0.1) is 0 Å². The smallest absolute Gasteiger partial charge is 0.226 e. The van der Waals surface area contributed by atoms with Crippen LogP contribution in [-0.4, -0.2) is 50.5 Å². The monoisotopic (exact) mass is 651 g/mol. The van der Waals surface area contributed by atoms with E-state index in [0.29, 0.717) is 41.6 Å². The number of hydrogen-bond donors (Lipinski definition) is 3. The minimum absolute atomic E-state index is 0.0279. The van der Waals surface area contributed by atoms with E-state index in [1.165, 1.54) is 5.32 Å². The molecular formula is C37H42ClN5O2Si. The molecule has 5 rings (SSSR count). The van der Waals surface area contributed by atoms with Gasteiger partial charge < -0.3 is 20.9 Å². The Bertz CT molecular complexity index is 1800. The van der Waals surface area contributed by atoms with Crippen LogP contribution in [0.25, 0.3) is 10.9 Å². The van der Waals surface area contributed by atoms with Crippen molar-refractivity contribution in [2.24, 2.45) is 16.8 Å². The number of fused-ring (bicyclic) bond motifs is 2. The fourth-order valence-corrected chi connectivity index (χ4v) is 7.11. The van der Waals surface area contributed by atoms with E-state index in [9.17, 15) is 10.2 Å². The van der Waals surface area contributed by atoms with Crippen LogP contribution in [0.15, 0.2) is 77.8 Å². The Hall–Kier alpha value is -4.14. The van der Waals surface area contributed by atoms with Crippen molar-refractivity contribution in [1.29, 1.82) is 10.8 Å².